The molecule has 22 heavy (non-hydrogen) atoms. The van der Waals surface area contributed by atoms with Crippen molar-refractivity contribution in [3.8, 4) is 0 Å². The molecule has 1 unspecified atom stereocenters. The van der Waals surface area contributed by atoms with Crippen LogP contribution in [0.5, 0.6) is 0 Å². The summed E-state index contributed by atoms with van der Waals surface area (Å²) in [7, 11) is -3.11. The lowest BCUT2D eigenvalue weighted by molar-refractivity contribution is 0.202. The third-order valence-electron chi connectivity index (χ3n) is 5.18. The van der Waals surface area contributed by atoms with Crippen LogP contribution in [-0.2, 0) is 10.0 Å². The minimum atomic E-state index is -3.11. The van der Waals surface area contributed by atoms with Crippen molar-refractivity contribution in [2.75, 3.05) is 24.5 Å². The van der Waals surface area contributed by atoms with Gasteiger partial charge in [-0.25, -0.2) is 18.4 Å². The van der Waals surface area contributed by atoms with Crippen molar-refractivity contribution in [1.82, 2.24) is 14.3 Å². The van der Waals surface area contributed by atoms with Crippen LogP contribution in [-0.4, -0.2) is 53.1 Å². The van der Waals surface area contributed by atoms with Crippen molar-refractivity contribution >= 4 is 16.0 Å². The average molecular weight is 322 g/mol. The monoisotopic (exact) mass is 322 g/mol. The molecule has 1 aromatic heterocycles. The molecular formula is C15H22N4O2S. The predicted octanol–water partition coefficient (Wildman–Crippen LogP) is 1.40. The zero-order valence-electron chi connectivity index (χ0n) is 12.7. The Balaban J connectivity index is 1.62. The first-order chi connectivity index (χ1) is 10.6. The molecular weight excluding hydrogens is 300 g/mol. The van der Waals surface area contributed by atoms with Crippen LogP contribution >= 0.6 is 0 Å². The minimum Gasteiger partial charge on any atom is -0.339 e. The van der Waals surface area contributed by atoms with E-state index in [9.17, 15) is 8.42 Å². The first-order valence-electron chi connectivity index (χ1n) is 8.15. The van der Waals surface area contributed by atoms with E-state index in [1.165, 1.54) is 0 Å². The molecule has 3 fully saturated rings. The molecule has 0 amide bonds. The summed E-state index contributed by atoms with van der Waals surface area (Å²) < 4.78 is 27.4. The van der Waals surface area contributed by atoms with E-state index >= 15 is 0 Å². The van der Waals surface area contributed by atoms with E-state index in [0.717, 1.165) is 57.6 Å². The average Bonchev–Trinajstić information content (AvgIpc) is 3.32. The maximum absolute atomic E-state index is 12.8. The van der Waals surface area contributed by atoms with E-state index in [0.29, 0.717) is 6.54 Å². The summed E-state index contributed by atoms with van der Waals surface area (Å²) in [5.41, 5.74) is -0.237. The molecule has 4 rings (SSSR count). The first-order valence-corrected chi connectivity index (χ1v) is 9.66. The molecule has 2 saturated heterocycles. The van der Waals surface area contributed by atoms with Gasteiger partial charge in [0.2, 0.25) is 16.0 Å². The van der Waals surface area contributed by atoms with Gasteiger partial charge in [-0.2, -0.15) is 4.31 Å². The molecule has 0 aromatic carbocycles. The number of piperidine rings is 1. The molecule has 2 aliphatic heterocycles. The molecule has 0 N–H and O–H groups in total. The van der Waals surface area contributed by atoms with Crippen LogP contribution < -0.4 is 4.90 Å². The van der Waals surface area contributed by atoms with Gasteiger partial charge in [-0.1, -0.05) is 0 Å². The summed E-state index contributed by atoms with van der Waals surface area (Å²) in [6.45, 7) is 2.31. The van der Waals surface area contributed by atoms with E-state index in [1.807, 2.05) is 10.4 Å². The highest BCUT2D eigenvalue weighted by molar-refractivity contribution is 7.90. The highest BCUT2D eigenvalue weighted by atomic mass is 32.2. The topological polar surface area (TPSA) is 66.4 Å². The number of nitrogens with zero attached hydrogens (tertiary/aromatic N) is 4. The van der Waals surface area contributed by atoms with Gasteiger partial charge in [0.25, 0.3) is 0 Å². The molecule has 6 nitrogen and oxygen atoms in total. The number of rotatable bonds is 3. The van der Waals surface area contributed by atoms with Crippen molar-refractivity contribution in [3.05, 3.63) is 18.5 Å². The fourth-order valence-electron chi connectivity index (χ4n) is 4.00. The first kappa shape index (κ1) is 14.4. The molecule has 1 atom stereocenters. The number of anilines is 1. The summed E-state index contributed by atoms with van der Waals surface area (Å²) in [6.07, 6.45) is 9.05. The normalized spacial score (nSPS) is 30.1. The van der Waals surface area contributed by atoms with Gasteiger partial charge >= 0.3 is 0 Å². The van der Waals surface area contributed by atoms with Crippen LogP contribution in [0.1, 0.15) is 38.5 Å². The van der Waals surface area contributed by atoms with Crippen molar-refractivity contribution in [1.29, 1.82) is 0 Å². The summed E-state index contributed by atoms with van der Waals surface area (Å²) in [5, 5.41) is -0.120. The van der Waals surface area contributed by atoms with Gasteiger partial charge in [0.05, 0.1) is 10.8 Å². The zero-order chi connectivity index (χ0) is 15.2. The van der Waals surface area contributed by atoms with E-state index in [1.54, 1.807) is 12.4 Å². The second-order valence-corrected chi connectivity index (χ2v) is 8.86. The van der Waals surface area contributed by atoms with Crippen LogP contribution in [0.15, 0.2) is 18.5 Å². The second kappa shape index (κ2) is 5.16. The fraction of sp³-hybridized carbons (Fsp3) is 0.733. The summed E-state index contributed by atoms with van der Waals surface area (Å²) >= 11 is 0. The molecule has 1 aliphatic carbocycles. The van der Waals surface area contributed by atoms with Crippen LogP contribution in [0.4, 0.5) is 5.95 Å². The molecule has 1 saturated carbocycles. The molecule has 0 radical (unpaired) electrons. The van der Waals surface area contributed by atoms with Gasteiger partial charge in [0.15, 0.2) is 0 Å². The molecule has 0 bridgehead atoms. The van der Waals surface area contributed by atoms with Crippen molar-refractivity contribution < 1.29 is 8.42 Å². The largest absolute Gasteiger partial charge is 0.339 e. The molecule has 3 heterocycles. The van der Waals surface area contributed by atoms with Gasteiger partial charge in [0.1, 0.15) is 0 Å². The van der Waals surface area contributed by atoms with Crippen LogP contribution in [0, 0.1) is 0 Å². The predicted molar refractivity (Wildman–Crippen MR) is 84.1 cm³/mol. The van der Waals surface area contributed by atoms with Gasteiger partial charge in [-0.05, 0) is 44.6 Å². The third kappa shape index (κ3) is 2.31. The number of hydrogen-bond donors (Lipinski definition) is 0. The van der Waals surface area contributed by atoms with E-state index in [-0.39, 0.29) is 10.8 Å². The van der Waals surface area contributed by atoms with Crippen molar-refractivity contribution in [2.24, 2.45) is 0 Å². The summed E-state index contributed by atoms with van der Waals surface area (Å²) in [5.74, 6) is 0.720. The third-order valence-corrected chi connectivity index (χ3v) is 7.67. The Morgan fingerprint density at radius 2 is 1.77 bits per heavy atom. The lowest BCUT2D eigenvalue weighted by Gasteiger charge is -2.45. The molecule has 3 aliphatic rings. The zero-order valence-corrected chi connectivity index (χ0v) is 13.5. The van der Waals surface area contributed by atoms with Crippen molar-refractivity contribution in [2.45, 2.75) is 49.3 Å². The maximum atomic E-state index is 12.8. The Kier molecular flexibility index (Phi) is 3.38. The van der Waals surface area contributed by atoms with Gasteiger partial charge in [0, 0.05) is 32.0 Å². The fourth-order valence-corrected chi connectivity index (χ4v) is 6.26. The van der Waals surface area contributed by atoms with Crippen molar-refractivity contribution in [3.63, 3.8) is 0 Å². The molecule has 1 aromatic rings. The van der Waals surface area contributed by atoms with E-state index < -0.39 is 10.0 Å². The molecule has 7 heteroatoms. The standard InChI is InChI=1S/C15H22N4O2S/c20-22(21,13-4-5-13)19-11-2-7-15(19)6-1-10-18(12-15)14-16-8-3-9-17-14/h3,8-9,13H,1-2,4-7,10-12H2. The molecule has 1 spiro atoms. The quantitative estimate of drug-likeness (QED) is 0.841. The van der Waals surface area contributed by atoms with Gasteiger partial charge in [-0.15, -0.1) is 0 Å². The number of hydrogen-bond acceptors (Lipinski definition) is 5. The van der Waals surface area contributed by atoms with Crippen LogP contribution in [0.2, 0.25) is 0 Å². The minimum absolute atomic E-state index is 0.120. The Morgan fingerprint density at radius 3 is 2.45 bits per heavy atom. The van der Waals surface area contributed by atoms with E-state index in [2.05, 4.69) is 14.9 Å². The Labute approximate surface area is 131 Å². The highest BCUT2D eigenvalue weighted by Gasteiger charge is 2.53. The Bertz CT molecular complexity index is 647. The van der Waals surface area contributed by atoms with E-state index in [4.69, 9.17) is 0 Å². The Morgan fingerprint density at radius 1 is 1.09 bits per heavy atom. The lowest BCUT2D eigenvalue weighted by Crippen LogP contribution is -2.58. The smallest absolute Gasteiger partial charge is 0.225 e. The Hall–Kier alpha value is -1.21. The summed E-state index contributed by atoms with van der Waals surface area (Å²) in [4.78, 5) is 10.8. The number of aromatic nitrogens is 2. The summed E-state index contributed by atoms with van der Waals surface area (Å²) in [6, 6.07) is 1.81. The molecule has 120 valence electrons. The van der Waals surface area contributed by atoms with Crippen LogP contribution in [0.25, 0.3) is 0 Å². The lowest BCUT2D eigenvalue weighted by atomic mass is 9.88. The second-order valence-electron chi connectivity index (χ2n) is 6.72. The van der Waals surface area contributed by atoms with Crippen LogP contribution in [0.3, 0.4) is 0 Å². The number of sulfonamides is 1. The highest BCUT2D eigenvalue weighted by Crippen LogP contribution is 2.43. The van der Waals surface area contributed by atoms with Gasteiger partial charge in [-0.3, -0.25) is 0 Å². The SMILES string of the molecule is O=S(=O)(C1CC1)N1CCCC12CCCN(c1ncccn1)C2. The maximum Gasteiger partial charge on any atom is 0.225 e. The van der Waals surface area contributed by atoms with Gasteiger partial charge < -0.3 is 4.90 Å².